The van der Waals surface area contributed by atoms with Crippen molar-refractivity contribution in [3.63, 3.8) is 0 Å². The Hall–Kier alpha value is -1.26. The van der Waals surface area contributed by atoms with Gasteiger partial charge in [0.25, 0.3) is 0 Å². The lowest BCUT2D eigenvalue weighted by atomic mass is 10.1. The van der Waals surface area contributed by atoms with Gasteiger partial charge < -0.3 is 10.0 Å². The summed E-state index contributed by atoms with van der Waals surface area (Å²) in [5.41, 5.74) is 0.517. The summed E-state index contributed by atoms with van der Waals surface area (Å²) in [6, 6.07) is 4.14. The zero-order chi connectivity index (χ0) is 14.6. The van der Waals surface area contributed by atoms with Crippen LogP contribution < -0.4 is 0 Å². The molecule has 6 heteroatoms. The van der Waals surface area contributed by atoms with E-state index in [1.54, 1.807) is 25.1 Å². The highest BCUT2D eigenvalue weighted by molar-refractivity contribution is 6.36. The van der Waals surface area contributed by atoms with Crippen LogP contribution >= 0.6 is 23.2 Å². The third-order valence-corrected chi connectivity index (χ3v) is 3.63. The second kappa shape index (κ2) is 6.78. The number of carboxylic acids is 1. The molecule has 1 atom stereocenters. The molecule has 19 heavy (non-hydrogen) atoms. The fourth-order valence-electron chi connectivity index (χ4n) is 1.77. The standard InChI is InChI=1S/C13H15Cl2NO3/c1-3-11(13(18)19)16(2)12(17)7-8-9(14)5-4-6-10(8)15/h4-6,11H,3,7H2,1-2H3,(H,18,19). The Morgan fingerprint density at radius 2 is 1.84 bits per heavy atom. The van der Waals surface area contributed by atoms with Gasteiger partial charge >= 0.3 is 5.97 Å². The van der Waals surface area contributed by atoms with E-state index in [4.69, 9.17) is 28.3 Å². The molecule has 0 radical (unpaired) electrons. The monoisotopic (exact) mass is 303 g/mol. The second-order valence-electron chi connectivity index (χ2n) is 4.14. The zero-order valence-electron chi connectivity index (χ0n) is 10.7. The third kappa shape index (κ3) is 3.85. The van der Waals surface area contributed by atoms with Crippen LogP contribution in [0.4, 0.5) is 0 Å². The number of rotatable bonds is 5. The summed E-state index contributed by atoms with van der Waals surface area (Å²) in [6.45, 7) is 1.71. The van der Waals surface area contributed by atoms with Crippen molar-refractivity contribution in [2.24, 2.45) is 0 Å². The molecule has 0 aromatic heterocycles. The van der Waals surface area contributed by atoms with Crippen molar-refractivity contribution in [2.45, 2.75) is 25.8 Å². The molecule has 0 aliphatic rings. The van der Waals surface area contributed by atoms with Gasteiger partial charge in [-0.1, -0.05) is 36.2 Å². The Morgan fingerprint density at radius 3 is 2.26 bits per heavy atom. The SMILES string of the molecule is CCC(C(=O)O)N(C)C(=O)Cc1c(Cl)cccc1Cl. The molecular formula is C13H15Cl2NO3. The minimum Gasteiger partial charge on any atom is -0.480 e. The molecule has 0 bridgehead atoms. The summed E-state index contributed by atoms with van der Waals surface area (Å²) in [5.74, 6) is -1.35. The molecule has 0 aliphatic carbocycles. The molecule has 0 spiro atoms. The Morgan fingerprint density at radius 1 is 1.32 bits per heavy atom. The van der Waals surface area contributed by atoms with Gasteiger partial charge in [0.2, 0.25) is 5.91 Å². The summed E-state index contributed by atoms with van der Waals surface area (Å²) in [4.78, 5) is 24.3. The lowest BCUT2D eigenvalue weighted by Gasteiger charge is -2.24. The van der Waals surface area contributed by atoms with Crippen LogP contribution in [-0.2, 0) is 16.0 Å². The van der Waals surface area contributed by atoms with Crippen LogP contribution in [0.15, 0.2) is 18.2 Å². The first-order valence-corrected chi connectivity index (χ1v) is 6.55. The molecule has 1 aromatic rings. The van der Waals surface area contributed by atoms with Gasteiger partial charge in [-0.25, -0.2) is 4.79 Å². The van der Waals surface area contributed by atoms with Gasteiger partial charge in [-0.15, -0.1) is 0 Å². The highest BCUT2D eigenvalue weighted by atomic mass is 35.5. The summed E-state index contributed by atoms with van der Waals surface area (Å²) >= 11 is 12.0. The second-order valence-corrected chi connectivity index (χ2v) is 4.96. The number of aliphatic carboxylic acids is 1. The maximum Gasteiger partial charge on any atom is 0.326 e. The molecule has 104 valence electrons. The largest absolute Gasteiger partial charge is 0.480 e. The third-order valence-electron chi connectivity index (χ3n) is 2.92. The highest BCUT2D eigenvalue weighted by Gasteiger charge is 2.25. The predicted octanol–water partition coefficient (Wildman–Crippen LogP) is 2.86. The highest BCUT2D eigenvalue weighted by Crippen LogP contribution is 2.25. The maximum atomic E-state index is 12.1. The van der Waals surface area contributed by atoms with Crippen molar-refractivity contribution in [1.82, 2.24) is 4.90 Å². The zero-order valence-corrected chi connectivity index (χ0v) is 12.2. The summed E-state index contributed by atoms with van der Waals surface area (Å²) in [5, 5.41) is 9.82. The minimum absolute atomic E-state index is 0.0151. The molecule has 0 saturated heterocycles. The van der Waals surface area contributed by atoms with E-state index in [-0.39, 0.29) is 12.3 Å². The van der Waals surface area contributed by atoms with E-state index in [0.717, 1.165) is 0 Å². The van der Waals surface area contributed by atoms with E-state index < -0.39 is 12.0 Å². The number of benzene rings is 1. The van der Waals surface area contributed by atoms with Crippen molar-refractivity contribution in [3.05, 3.63) is 33.8 Å². The molecule has 1 unspecified atom stereocenters. The van der Waals surface area contributed by atoms with Crippen molar-refractivity contribution in [2.75, 3.05) is 7.05 Å². The number of halogens is 2. The molecule has 0 saturated carbocycles. The number of hydrogen-bond acceptors (Lipinski definition) is 2. The Balaban J connectivity index is 2.88. The van der Waals surface area contributed by atoms with Crippen molar-refractivity contribution in [3.8, 4) is 0 Å². The average Bonchev–Trinajstić information content (AvgIpc) is 2.34. The molecular weight excluding hydrogens is 289 g/mol. The van der Waals surface area contributed by atoms with E-state index >= 15 is 0 Å². The molecule has 4 nitrogen and oxygen atoms in total. The summed E-state index contributed by atoms with van der Waals surface area (Å²) in [6.07, 6.45) is 0.326. The van der Waals surface area contributed by atoms with E-state index in [0.29, 0.717) is 22.0 Å². The van der Waals surface area contributed by atoms with Gasteiger partial charge in [0.05, 0.1) is 6.42 Å². The minimum atomic E-state index is -1.02. The fourth-order valence-corrected chi connectivity index (χ4v) is 2.30. The first kappa shape index (κ1) is 15.8. The molecule has 1 aromatic carbocycles. The van der Waals surface area contributed by atoms with Gasteiger partial charge in [-0.3, -0.25) is 4.79 Å². The van der Waals surface area contributed by atoms with Gasteiger partial charge in [-0.05, 0) is 24.1 Å². The Kier molecular flexibility index (Phi) is 5.63. The number of nitrogens with zero attached hydrogens (tertiary/aromatic N) is 1. The van der Waals surface area contributed by atoms with E-state index in [1.165, 1.54) is 11.9 Å². The number of amides is 1. The molecule has 1 rings (SSSR count). The lowest BCUT2D eigenvalue weighted by Crippen LogP contribution is -2.42. The Bertz CT molecular complexity index is 471. The van der Waals surface area contributed by atoms with Crippen LogP contribution in [0, 0.1) is 0 Å². The van der Waals surface area contributed by atoms with Crippen molar-refractivity contribution >= 4 is 35.1 Å². The number of hydrogen-bond donors (Lipinski definition) is 1. The van der Waals surface area contributed by atoms with Crippen LogP contribution in [0.2, 0.25) is 10.0 Å². The molecule has 1 N–H and O–H groups in total. The number of likely N-dealkylation sites (N-methyl/N-ethyl adjacent to an activating group) is 1. The first-order chi connectivity index (χ1) is 8.88. The van der Waals surface area contributed by atoms with Gasteiger partial charge in [0.15, 0.2) is 0 Å². The normalized spacial score (nSPS) is 12.0. The molecule has 0 heterocycles. The first-order valence-electron chi connectivity index (χ1n) is 5.79. The number of carboxylic acid groups (broad SMARTS) is 1. The summed E-state index contributed by atoms with van der Waals surface area (Å²) < 4.78 is 0. The number of carbonyl (C=O) groups is 2. The van der Waals surface area contributed by atoms with Crippen molar-refractivity contribution < 1.29 is 14.7 Å². The fraction of sp³-hybridized carbons (Fsp3) is 0.385. The Labute approximate surface area is 121 Å². The lowest BCUT2D eigenvalue weighted by molar-refractivity contribution is -0.148. The number of carbonyl (C=O) groups excluding carboxylic acids is 1. The predicted molar refractivity (Wildman–Crippen MR) is 74.7 cm³/mol. The molecule has 0 fully saturated rings. The maximum absolute atomic E-state index is 12.1. The van der Waals surface area contributed by atoms with E-state index in [1.807, 2.05) is 0 Å². The van der Waals surface area contributed by atoms with E-state index in [9.17, 15) is 9.59 Å². The average molecular weight is 304 g/mol. The van der Waals surface area contributed by atoms with Crippen LogP contribution in [0.3, 0.4) is 0 Å². The van der Waals surface area contributed by atoms with Gasteiger partial charge in [0, 0.05) is 17.1 Å². The van der Waals surface area contributed by atoms with Crippen LogP contribution in [0.25, 0.3) is 0 Å². The van der Waals surface area contributed by atoms with Gasteiger partial charge in [0.1, 0.15) is 6.04 Å². The smallest absolute Gasteiger partial charge is 0.326 e. The van der Waals surface area contributed by atoms with Crippen LogP contribution in [0.5, 0.6) is 0 Å². The van der Waals surface area contributed by atoms with Crippen LogP contribution in [-0.4, -0.2) is 35.0 Å². The van der Waals surface area contributed by atoms with Crippen LogP contribution in [0.1, 0.15) is 18.9 Å². The quantitative estimate of drug-likeness (QED) is 0.910. The van der Waals surface area contributed by atoms with Crippen molar-refractivity contribution in [1.29, 1.82) is 0 Å². The van der Waals surface area contributed by atoms with Gasteiger partial charge in [-0.2, -0.15) is 0 Å². The topological polar surface area (TPSA) is 57.6 Å². The van der Waals surface area contributed by atoms with E-state index in [2.05, 4.69) is 0 Å². The molecule has 1 amide bonds. The molecule has 0 aliphatic heterocycles. The summed E-state index contributed by atoms with van der Waals surface area (Å²) in [7, 11) is 1.47.